The maximum atomic E-state index is 14.1. The van der Waals surface area contributed by atoms with Crippen LogP contribution in [-0.2, 0) is 99.9 Å². The van der Waals surface area contributed by atoms with Gasteiger partial charge in [0, 0.05) is 128 Å². The molecule has 3 aliphatic rings. The van der Waals surface area contributed by atoms with Gasteiger partial charge in [-0.2, -0.15) is 0 Å². The van der Waals surface area contributed by atoms with Crippen LogP contribution in [0.25, 0.3) is 0 Å². The average Bonchev–Trinajstić information content (AvgIpc) is 0.823. The van der Waals surface area contributed by atoms with E-state index in [2.05, 4.69) is 78.3 Å². The zero-order valence-corrected chi connectivity index (χ0v) is 79.4. The molecule has 3 heterocycles. The zero-order chi connectivity index (χ0) is 93.4. The lowest BCUT2D eigenvalue weighted by Gasteiger charge is -2.43. The second-order valence-corrected chi connectivity index (χ2v) is 36.2. The van der Waals surface area contributed by atoms with E-state index in [0.29, 0.717) is 191 Å². The first-order valence-corrected chi connectivity index (χ1v) is 48.5. The number of amides is 3. The fourth-order valence-electron chi connectivity index (χ4n) is 16.4. The predicted octanol–water partition coefficient (Wildman–Crippen LogP) is 17.0. The number of ether oxygens (including phenoxy) is 13. The van der Waals surface area contributed by atoms with Crippen molar-refractivity contribution >= 4 is 64.7 Å². The molecule has 0 spiro atoms. The molecule has 3 aromatic rings. The van der Waals surface area contributed by atoms with Gasteiger partial charge in [0.15, 0.2) is 18.9 Å². The number of ketones is 4. The molecule has 3 aliphatic heterocycles. The number of hydrogen-bond donors (Lipinski definition) is 3. The molecule has 27 nitrogen and oxygen atoms in total. The molecule has 15 unspecified atom stereocenters. The van der Waals surface area contributed by atoms with Crippen LogP contribution in [0.3, 0.4) is 0 Å². The van der Waals surface area contributed by atoms with Crippen LogP contribution in [0.5, 0.6) is 0 Å². The predicted molar refractivity (Wildman–Crippen MR) is 490 cm³/mol. The molecule has 129 heavy (non-hydrogen) atoms. The Morgan fingerprint density at radius 3 is 0.922 bits per heavy atom. The number of Topliss-reactive ketones (excluding diaryl/α,β-unsaturated/α-hetero) is 4. The lowest BCUT2D eigenvalue weighted by molar-refractivity contribution is -0.254. The van der Waals surface area contributed by atoms with Crippen LogP contribution in [-0.4, -0.2) is 207 Å². The Balaban J connectivity index is 0.935. The molecule has 0 aromatic heterocycles. The number of hydrogen-bond acceptors (Lipinski definition) is 24. The van der Waals surface area contributed by atoms with E-state index >= 15 is 0 Å². The maximum Gasteiger partial charge on any atom is 0.338 e. The van der Waals surface area contributed by atoms with Crippen LogP contribution in [0.2, 0.25) is 0 Å². The van der Waals surface area contributed by atoms with E-state index in [-0.39, 0.29) is 204 Å². The van der Waals surface area contributed by atoms with Crippen LogP contribution in [0.1, 0.15) is 305 Å². The summed E-state index contributed by atoms with van der Waals surface area (Å²) in [5.41, 5.74) is 0.155. The van der Waals surface area contributed by atoms with Gasteiger partial charge >= 0.3 is 23.9 Å². The van der Waals surface area contributed by atoms with Crippen molar-refractivity contribution in [3.63, 3.8) is 0 Å². The highest BCUT2D eigenvalue weighted by molar-refractivity contribution is 5.90. The fourth-order valence-corrected chi connectivity index (χ4v) is 16.4. The Hall–Kier alpha value is -7.73. The average molecular weight is 1810 g/mol. The summed E-state index contributed by atoms with van der Waals surface area (Å²) >= 11 is 0. The van der Waals surface area contributed by atoms with Gasteiger partial charge in [-0.05, 0) is 155 Å². The monoisotopic (exact) mass is 1810 g/mol. The lowest BCUT2D eigenvalue weighted by Crippen LogP contribution is -2.58. The van der Waals surface area contributed by atoms with Crippen LogP contribution < -0.4 is 16.0 Å². The molecule has 3 saturated heterocycles. The summed E-state index contributed by atoms with van der Waals surface area (Å²) in [6.45, 7) is 21.1. The van der Waals surface area contributed by atoms with Crippen molar-refractivity contribution < 1.29 is 114 Å². The summed E-state index contributed by atoms with van der Waals surface area (Å²) < 4.78 is 78.1. The molecule has 3 N–H and O–H groups in total. The molecule has 3 aromatic carbocycles. The Kier molecular flexibility index (Phi) is 54.7. The van der Waals surface area contributed by atoms with Crippen molar-refractivity contribution in [1.82, 2.24) is 16.0 Å². The van der Waals surface area contributed by atoms with Gasteiger partial charge in [0.25, 0.3) is 0 Å². The first-order valence-electron chi connectivity index (χ1n) is 48.5. The van der Waals surface area contributed by atoms with E-state index in [1.54, 1.807) is 72.8 Å². The molecule has 0 radical (unpaired) electrons. The zero-order valence-electron chi connectivity index (χ0n) is 79.4. The quantitative estimate of drug-likeness (QED) is 0.0268. The van der Waals surface area contributed by atoms with Gasteiger partial charge in [0.1, 0.15) is 48.5 Å². The lowest BCUT2D eigenvalue weighted by atomic mass is 9.79. The topological polar surface area (TPSA) is 344 Å². The Bertz CT molecular complexity index is 3370. The van der Waals surface area contributed by atoms with E-state index in [9.17, 15) is 52.7 Å². The molecule has 0 bridgehead atoms. The number of methoxy groups -OCH3 is 1. The first kappa shape index (κ1) is 110. The summed E-state index contributed by atoms with van der Waals surface area (Å²) in [6.07, 6.45) is 16.5. The van der Waals surface area contributed by atoms with Crippen molar-refractivity contribution in [3.05, 3.63) is 108 Å². The minimum atomic E-state index is -1.29. The highest BCUT2D eigenvalue weighted by Gasteiger charge is 2.44. The molecule has 6 rings (SSSR count). The number of nitrogens with one attached hydrogen (secondary N) is 3. The molecule has 3 amide bonds. The van der Waals surface area contributed by atoms with Crippen LogP contribution >= 0.6 is 0 Å². The summed E-state index contributed by atoms with van der Waals surface area (Å²) in [6, 6.07) is 26.6. The Labute approximate surface area is 768 Å². The van der Waals surface area contributed by atoms with Crippen molar-refractivity contribution in [2.75, 3.05) is 99.5 Å². The fraction of sp³-hybridized carbons (Fsp3) is 0.716. The van der Waals surface area contributed by atoms with E-state index in [1.165, 1.54) is 7.11 Å². The summed E-state index contributed by atoms with van der Waals surface area (Å²) in [5.74, 6) is -0.167. The first-order chi connectivity index (χ1) is 62.3. The number of rotatable bonds is 70. The minimum Gasteiger partial charge on any atom is -0.469 e. The smallest absolute Gasteiger partial charge is 0.338 e. The molecule has 724 valence electrons. The highest BCUT2D eigenvalue weighted by Crippen LogP contribution is 2.39. The van der Waals surface area contributed by atoms with Gasteiger partial charge in [0.2, 0.25) is 17.7 Å². The number of carbonyl (C=O) groups excluding carboxylic acids is 11. The van der Waals surface area contributed by atoms with Gasteiger partial charge in [0.05, 0.1) is 81.8 Å². The van der Waals surface area contributed by atoms with E-state index in [1.807, 2.05) is 18.2 Å². The molecular weight excluding hydrogens is 1650 g/mol. The van der Waals surface area contributed by atoms with Crippen molar-refractivity contribution in [1.29, 1.82) is 0 Å². The third-order valence-corrected chi connectivity index (χ3v) is 26.1. The van der Waals surface area contributed by atoms with Crippen LogP contribution in [0.15, 0.2) is 91.0 Å². The van der Waals surface area contributed by atoms with Crippen molar-refractivity contribution in [2.24, 2.45) is 53.3 Å². The second kappa shape index (κ2) is 64.2. The van der Waals surface area contributed by atoms with E-state index < -0.39 is 42.3 Å². The largest absolute Gasteiger partial charge is 0.469 e. The molecule has 0 saturated carbocycles. The standard InChI is InChI=1S/C102H157N3O24/c1-73-76(4)89(67-124-96(114)82-41-22-17-23-42-82)127-99(79(73)7)121-61-37-34-51-85(106)47-28-20-30-49-87(108)56-64-118-70-102(105-94(112)54-32-15-13-11-12-14-16-33-55-95(113)117-10,71-119-65-57-88(109)50-31-21-29-48-86(107)52-35-38-62-122-100-80(8)74(2)77(5)90(128-100)68-125-97(115)83-43-24-18-25-44-83)72-120-66-58-93(111)104-60-40-59-103-92(110)53-36-39-63-123-101-81(9)75(3)78(6)91(129-101)69-126-98(116)84-45-26-19-27-46-84/h17-19,22-27,41-46,73-81,89-91,99-101H,11-16,20-21,28-40,47-72H2,1-10H3,(H,103,110)(H,104,111)(H,105,112). The van der Waals surface area contributed by atoms with E-state index in [4.69, 9.17) is 61.6 Å². The number of esters is 4. The summed E-state index contributed by atoms with van der Waals surface area (Å²) in [7, 11) is 1.39. The maximum absolute atomic E-state index is 14.1. The number of carbonyl (C=O) groups is 11. The highest BCUT2D eigenvalue weighted by atomic mass is 16.7. The molecule has 15 atom stereocenters. The summed E-state index contributed by atoms with van der Waals surface area (Å²) in [4.78, 5) is 142. The van der Waals surface area contributed by atoms with Crippen LogP contribution in [0, 0.1) is 53.3 Å². The number of unbranched alkanes of at least 4 members (excludes halogenated alkanes) is 14. The van der Waals surface area contributed by atoms with Gasteiger partial charge in [-0.15, -0.1) is 0 Å². The van der Waals surface area contributed by atoms with Gasteiger partial charge in [-0.25, -0.2) is 14.4 Å². The van der Waals surface area contributed by atoms with Crippen molar-refractivity contribution in [3.8, 4) is 0 Å². The molecule has 27 heteroatoms. The third kappa shape index (κ3) is 44.1. The second-order valence-electron chi connectivity index (χ2n) is 36.2. The van der Waals surface area contributed by atoms with Crippen molar-refractivity contribution in [2.45, 2.75) is 317 Å². The van der Waals surface area contributed by atoms with Gasteiger partial charge in [-0.3, -0.25) is 38.4 Å². The number of benzene rings is 3. The summed E-state index contributed by atoms with van der Waals surface area (Å²) in [5, 5.41) is 9.01. The molecule has 3 fully saturated rings. The SMILES string of the molecule is COC(=O)CCCCCCCCCCC(=O)NC(COCCC(=O)CCCCCC(=O)CCCCOC1OC(COC(=O)c2ccccc2)C(C)C(C)C1C)(COCCC(=O)CCCCCC(=O)CCCCOC1OC(COC(=O)c2ccccc2)C(C)C(C)C1C)COCCC(=O)NCCCNC(=O)CCCCOC1OC(COC(=O)c2ccccc2)C(C)C(C)C1C. The van der Waals surface area contributed by atoms with Gasteiger partial charge in [-0.1, -0.05) is 168 Å². The molecule has 0 aliphatic carbocycles. The van der Waals surface area contributed by atoms with Gasteiger partial charge < -0.3 is 77.5 Å². The normalized spacial score (nSPS) is 22.5. The van der Waals surface area contributed by atoms with E-state index in [0.717, 1.165) is 44.9 Å². The van der Waals surface area contributed by atoms with Crippen LogP contribution in [0.4, 0.5) is 0 Å². The Morgan fingerprint density at radius 2 is 0.574 bits per heavy atom. The third-order valence-electron chi connectivity index (χ3n) is 26.1. The Morgan fingerprint density at radius 1 is 0.295 bits per heavy atom. The molecular formula is C102H157N3O24. The minimum absolute atomic E-state index is 0.0106.